The number of fused-ring (bicyclic) bond motifs is 1. The van der Waals surface area contributed by atoms with Crippen LogP contribution in [-0.2, 0) is 9.59 Å². The molecule has 5 heteroatoms. The summed E-state index contributed by atoms with van der Waals surface area (Å²) in [6, 6.07) is 7.46. The number of piperidine rings is 1. The van der Waals surface area contributed by atoms with Crippen LogP contribution in [0.25, 0.3) is 0 Å². The Morgan fingerprint density at radius 2 is 2.00 bits per heavy atom. The summed E-state index contributed by atoms with van der Waals surface area (Å²) >= 11 is 0. The van der Waals surface area contributed by atoms with Crippen LogP contribution < -0.4 is 10.6 Å². The molecule has 0 saturated carbocycles. The molecular weight excluding hydrogens is 290 g/mol. The first-order valence-electron chi connectivity index (χ1n) is 8.63. The summed E-state index contributed by atoms with van der Waals surface area (Å²) in [5, 5.41) is 5.88. The van der Waals surface area contributed by atoms with Crippen molar-refractivity contribution in [2.24, 2.45) is 0 Å². The minimum Gasteiger partial charge on any atom is -0.349 e. The number of nitrogens with zero attached hydrogens (tertiary/aromatic N) is 1. The first-order chi connectivity index (χ1) is 11.2. The van der Waals surface area contributed by atoms with Crippen LogP contribution >= 0.6 is 0 Å². The second-order valence-corrected chi connectivity index (χ2v) is 6.47. The molecule has 1 saturated heterocycles. The van der Waals surface area contributed by atoms with Gasteiger partial charge in [0.25, 0.3) is 0 Å². The summed E-state index contributed by atoms with van der Waals surface area (Å²) < 4.78 is 0. The lowest BCUT2D eigenvalue weighted by atomic mass is 9.97. The molecule has 5 nitrogen and oxygen atoms in total. The highest BCUT2D eigenvalue weighted by Crippen LogP contribution is 2.29. The Morgan fingerprint density at radius 1 is 1.22 bits per heavy atom. The molecule has 0 spiro atoms. The number of carbonyl (C=O) groups is 2. The average molecular weight is 315 g/mol. The topological polar surface area (TPSA) is 61.4 Å². The zero-order valence-electron chi connectivity index (χ0n) is 13.5. The number of anilines is 1. The standard InChI is InChI=1S/C18H25N3O2/c22-17(9-6-12-21-10-4-1-5-11-21)20-16-13-18(23)19-15-8-3-2-7-14(15)16/h2-3,7-8,16H,1,4-6,9-13H2,(H,19,23)(H,20,22)/t16-/m1/s1. The second kappa shape index (κ2) is 7.59. The van der Waals surface area contributed by atoms with Gasteiger partial charge in [-0.25, -0.2) is 0 Å². The fourth-order valence-electron chi connectivity index (χ4n) is 3.45. The molecule has 0 unspecified atom stereocenters. The van der Waals surface area contributed by atoms with Crippen molar-refractivity contribution in [3.8, 4) is 0 Å². The number of hydrogen-bond acceptors (Lipinski definition) is 3. The van der Waals surface area contributed by atoms with Crippen LogP contribution in [0.5, 0.6) is 0 Å². The van der Waals surface area contributed by atoms with Gasteiger partial charge in [0.1, 0.15) is 0 Å². The van der Waals surface area contributed by atoms with Gasteiger partial charge in [-0.15, -0.1) is 0 Å². The van der Waals surface area contributed by atoms with Crippen LogP contribution in [0.3, 0.4) is 0 Å². The monoisotopic (exact) mass is 315 g/mol. The maximum atomic E-state index is 12.2. The van der Waals surface area contributed by atoms with E-state index in [9.17, 15) is 9.59 Å². The fourth-order valence-corrected chi connectivity index (χ4v) is 3.45. The van der Waals surface area contributed by atoms with Gasteiger partial charge in [0.15, 0.2) is 0 Å². The van der Waals surface area contributed by atoms with Crippen molar-refractivity contribution >= 4 is 17.5 Å². The Kier molecular flexibility index (Phi) is 5.28. The van der Waals surface area contributed by atoms with E-state index in [1.807, 2.05) is 24.3 Å². The Hall–Kier alpha value is -1.88. The highest BCUT2D eigenvalue weighted by Gasteiger charge is 2.25. The van der Waals surface area contributed by atoms with E-state index in [0.29, 0.717) is 12.8 Å². The number of nitrogens with one attached hydrogen (secondary N) is 2. The molecule has 1 aromatic rings. The van der Waals surface area contributed by atoms with Crippen molar-refractivity contribution in [2.75, 3.05) is 25.0 Å². The van der Waals surface area contributed by atoms with Crippen molar-refractivity contribution in [3.63, 3.8) is 0 Å². The van der Waals surface area contributed by atoms with Gasteiger partial charge in [-0.1, -0.05) is 24.6 Å². The van der Waals surface area contributed by atoms with Crippen molar-refractivity contribution < 1.29 is 9.59 Å². The highest BCUT2D eigenvalue weighted by atomic mass is 16.2. The summed E-state index contributed by atoms with van der Waals surface area (Å²) in [4.78, 5) is 26.4. The van der Waals surface area contributed by atoms with E-state index in [4.69, 9.17) is 0 Å². The quantitative estimate of drug-likeness (QED) is 0.877. The van der Waals surface area contributed by atoms with Crippen molar-refractivity contribution in [3.05, 3.63) is 29.8 Å². The SMILES string of the molecule is O=C1C[C@@H](NC(=O)CCCN2CCCCC2)c2ccccc2N1. The minimum absolute atomic E-state index is 0.0384. The molecule has 0 bridgehead atoms. The average Bonchev–Trinajstić information content (AvgIpc) is 2.55. The Labute approximate surface area is 137 Å². The molecule has 2 heterocycles. The van der Waals surface area contributed by atoms with Gasteiger partial charge in [-0.3, -0.25) is 9.59 Å². The van der Waals surface area contributed by atoms with E-state index >= 15 is 0 Å². The lowest BCUT2D eigenvalue weighted by molar-refractivity contribution is -0.122. The van der Waals surface area contributed by atoms with Crippen LogP contribution in [0.2, 0.25) is 0 Å². The van der Waals surface area contributed by atoms with Crippen LogP contribution in [0.1, 0.15) is 50.1 Å². The van der Waals surface area contributed by atoms with Gasteiger partial charge in [0.05, 0.1) is 12.5 Å². The van der Waals surface area contributed by atoms with Gasteiger partial charge >= 0.3 is 0 Å². The molecule has 0 aliphatic carbocycles. The van der Waals surface area contributed by atoms with Crippen molar-refractivity contribution in [1.29, 1.82) is 0 Å². The molecule has 2 aliphatic heterocycles. The zero-order valence-corrected chi connectivity index (χ0v) is 13.5. The molecule has 2 aliphatic rings. The molecule has 2 N–H and O–H groups in total. The third-order valence-electron chi connectivity index (χ3n) is 4.66. The van der Waals surface area contributed by atoms with E-state index in [1.54, 1.807) is 0 Å². The fraction of sp³-hybridized carbons (Fsp3) is 0.556. The molecule has 23 heavy (non-hydrogen) atoms. The van der Waals surface area contributed by atoms with Crippen LogP contribution in [0.15, 0.2) is 24.3 Å². The smallest absolute Gasteiger partial charge is 0.226 e. The first-order valence-corrected chi connectivity index (χ1v) is 8.63. The summed E-state index contributed by atoms with van der Waals surface area (Å²) in [5.41, 5.74) is 1.80. The highest BCUT2D eigenvalue weighted by molar-refractivity contribution is 5.95. The van der Waals surface area contributed by atoms with E-state index < -0.39 is 0 Å². The second-order valence-electron chi connectivity index (χ2n) is 6.47. The summed E-state index contributed by atoms with van der Waals surface area (Å²) in [5.74, 6) is -0.00108. The van der Waals surface area contributed by atoms with Crippen LogP contribution in [0.4, 0.5) is 5.69 Å². The lowest BCUT2D eigenvalue weighted by Crippen LogP contribution is -2.36. The van der Waals surface area contributed by atoms with Crippen molar-refractivity contribution in [2.45, 2.75) is 44.6 Å². The number of benzene rings is 1. The van der Waals surface area contributed by atoms with E-state index in [1.165, 1.54) is 19.3 Å². The number of amides is 2. The number of para-hydroxylation sites is 1. The Morgan fingerprint density at radius 3 is 2.83 bits per heavy atom. The molecule has 1 atom stereocenters. The largest absolute Gasteiger partial charge is 0.349 e. The molecule has 1 fully saturated rings. The van der Waals surface area contributed by atoms with Gasteiger partial charge in [0, 0.05) is 12.1 Å². The predicted octanol–water partition coefficient (Wildman–Crippen LogP) is 2.45. The Bertz CT molecular complexity index is 567. The maximum absolute atomic E-state index is 12.2. The minimum atomic E-state index is -0.206. The van der Waals surface area contributed by atoms with Crippen LogP contribution in [-0.4, -0.2) is 36.3 Å². The van der Waals surface area contributed by atoms with Crippen molar-refractivity contribution in [1.82, 2.24) is 10.2 Å². The third kappa shape index (κ3) is 4.32. The maximum Gasteiger partial charge on any atom is 0.226 e. The number of hydrogen-bond donors (Lipinski definition) is 2. The third-order valence-corrected chi connectivity index (χ3v) is 4.66. The molecule has 124 valence electrons. The van der Waals surface area contributed by atoms with E-state index in [-0.39, 0.29) is 17.9 Å². The number of carbonyl (C=O) groups excluding carboxylic acids is 2. The molecular formula is C18H25N3O2. The first kappa shape index (κ1) is 16.0. The molecule has 2 amide bonds. The number of likely N-dealkylation sites (tertiary alicyclic amines) is 1. The summed E-state index contributed by atoms with van der Waals surface area (Å²) in [6.07, 6.45) is 5.61. The molecule has 0 radical (unpaired) electrons. The van der Waals surface area contributed by atoms with Gasteiger partial charge < -0.3 is 15.5 Å². The molecule has 3 rings (SSSR count). The summed E-state index contributed by atoms with van der Waals surface area (Å²) in [6.45, 7) is 3.32. The number of rotatable bonds is 5. The van der Waals surface area contributed by atoms with E-state index in [0.717, 1.165) is 37.3 Å². The lowest BCUT2D eigenvalue weighted by Gasteiger charge is -2.27. The predicted molar refractivity (Wildman–Crippen MR) is 90.1 cm³/mol. The van der Waals surface area contributed by atoms with Gasteiger partial charge in [-0.05, 0) is 50.5 Å². The molecule has 1 aromatic carbocycles. The van der Waals surface area contributed by atoms with Gasteiger partial charge in [0.2, 0.25) is 11.8 Å². The van der Waals surface area contributed by atoms with E-state index in [2.05, 4.69) is 15.5 Å². The normalized spacial score (nSPS) is 21.4. The zero-order chi connectivity index (χ0) is 16.1. The van der Waals surface area contributed by atoms with Crippen LogP contribution in [0, 0.1) is 0 Å². The summed E-state index contributed by atoms with van der Waals surface area (Å²) in [7, 11) is 0. The Balaban J connectivity index is 1.49. The molecule has 0 aromatic heterocycles. The van der Waals surface area contributed by atoms with Gasteiger partial charge in [-0.2, -0.15) is 0 Å².